The fourth-order valence-corrected chi connectivity index (χ4v) is 1.76. The molecule has 1 atom stereocenters. The average molecular weight is 247 g/mol. The lowest BCUT2D eigenvalue weighted by Gasteiger charge is -2.22. The van der Waals surface area contributed by atoms with Crippen LogP contribution in [0.25, 0.3) is 0 Å². The first-order valence-electron chi connectivity index (χ1n) is 6.33. The molecule has 0 aliphatic carbocycles. The summed E-state index contributed by atoms with van der Waals surface area (Å²) in [5.74, 6) is -0.934. The molecule has 5 nitrogen and oxygen atoms in total. The third-order valence-electron chi connectivity index (χ3n) is 2.63. The van der Waals surface area contributed by atoms with Gasteiger partial charge in [0, 0.05) is 13.1 Å². The predicted molar refractivity (Wildman–Crippen MR) is 65.9 cm³/mol. The Kier molecular flexibility index (Phi) is 10.1. The highest BCUT2D eigenvalue weighted by Gasteiger charge is 2.13. The van der Waals surface area contributed by atoms with Gasteiger partial charge in [0.15, 0.2) is 0 Å². The molecular weight excluding hydrogens is 222 g/mol. The summed E-state index contributed by atoms with van der Waals surface area (Å²) >= 11 is 0. The van der Waals surface area contributed by atoms with Crippen LogP contribution in [0.3, 0.4) is 0 Å². The van der Waals surface area contributed by atoms with Crippen LogP contribution in [0.1, 0.15) is 39.0 Å². The fourth-order valence-electron chi connectivity index (χ4n) is 1.76. The topological polar surface area (TPSA) is 81.0 Å². The van der Waals surface area contributed by atoms with Gasteiger partial charge in [-0.2, -0.15) is 0 Å². The minimum absolute atomic E-state index is 0.0875. The van der Waals surface area contributed by atoms with Gasteiger partial charge in [-0.15, -0.1) is 0 Å². The average Bonchev–Trinajstić information content (AvgIpc) is 2.24. The molecule has 0 saturated carbocycles. The van der Waals surface area contributed by atoms with E-state index in [2.05, 4.69) is 6.92 Å². The molecule has 0 radical (unpaired) electrons. The van der Waals surface area contributed by atoms with Crippen molar-refractivity contribution in [3.8, 4) is 0 Å². The Labute approximate surface area is 103 Å². The third kappa shape index (κ3) is 10.2. The first-order chi connectivity index (χ1) is 8.10. The van der Waals surface area contributed by atoms with Gasteiger partial charge >= 0.3 is 5.97 Å². The lowest BCUT2D eigenvalue weighted by molar-refractivity contribution is -0.138. The van der Waals surface area contributed by atoms with E-state index in [4.69, 9.17) is 10.2 Å². The van der Waals surface area contributed by atoms with E-state index < -0.39 is 12.1 Å². The van der Waals surface area contributed by atoms with Crippen LogP contribution in [-0.4, -0.2) is 58.5 Å². The largest absolute Gasteiger partial charge is 0.480 e. The van der Waals surface area contributed by atoms with E-state index in [-0.39, 0.29) is 13.2 Å². The van der Waals surface area contributed by atoms with Crippen LogP contribution >= 0.6 is 0 Å². The summed E-state index contributed by atoms with van der Waals surface area (Å²) in [6.45, 7) is 2.52. The maximum Gasteiger partial charge on any atom is 0.317 e. The quantitative estimate of drug-likeness (QED) is 0.468. The second-order valence-electron chi connectivity index (χ2n) is 4.36. The minimum Gasteiger partial charge on any atom is -0.480 e. The number of hydrogen-bond acceptors (Lipinski definition) is 4. The van der Waals surface area contributed by atoms with Crippen LogP contribution in [0.5, 0.6) is 0 Å². The summed E-state index contributed by atoms with van der Waals surface area (Å²) in [6, 6.07) is 0. The molecule has 3 N–H and O–H groups in total. The normalized spacial score (nSPS) is 12.9. The minimum atomic E-state index is -0.934. The summed E-state index contributed by atoms with van der Waals surface area (Å²) < 4.78 is 0. The molecule has 5 heteroatoms. The Morgan fingerprint density at radius 1 is 1.29 bits per heavy atom. The van der Waals surface area contributed by atoms with E-state index in [0.717, 1.165) is 19.3 Å². The Morgan fingerprint density at radius 3 is 2.53 bits per heavy atom. The molecule has 0 bridgehead atoms. The Morgan fingerprint density at radius 2 is 2.00 bits per heavy atom. The van der Waals surface area contributed by atoms with Gasteiger partial charge in [-0.3, -0.25) is 9.69 Å². The zero-order valence-corrected chi connectivity index (χ0v) is 10.6. The van der Waals surface area contributed by atoms with Crippen LogP contribution in [0.2, 0.25) is 0 Å². The summed E-state index contributed by atoms with van der Waals surface area (Å²) in [6.07, 6.45) is 4.59. The van der Waals surface area contributed by atoms with Gasteiger partial charge in [0.1, 0.15) is 0 Å². The Hall–Kier alpha value is -0.650. The summed E-state index contributed by atoms with van der Waals surface area (Å²) in [5.41, 5.74) is 0. The number of unbranched alkanes of at least 4 members (excludes halogenated alkanes) is 3. The van der Waals surface area contributed by atoms with Crippen molar-refractivity contribution >= 4 is 5.97 Å². The van der Waals surface area contributed by atoms with Crippen molar-refractivity contribution < 1.29 is 20.1 Å². The monoisotopic (exact) mass is 247 g/mol. The number of carboxylic acid groups (broad SMARTS) is 1. The standard InChI is InChI=1S/C12H25NO4/c1-2-3-4-5-6-11(15)9-13(7-8-14)10-12(16)17/h11,14-15H,2-10H2,1H3,(H,16,17). The smallest absolute Gasteiger partial charge is 0.317 e. The van der Waals surface area contributed by atoms with Crippen molar-refractivity contribution in [1.82, 2.24) is 4.90 Å². The molecule has 17 heavy (non-hydrogen) atoms. The van der Waals surface area contributed by atoms with Gasteiger partial charge in [-0.1, -0.05) is 32.6 Å². The number of rotatable bonds is 11. The van der Waals surface area contributed by atoms with Crippen molar-refractivity contribution in [3.63, 3.8) is 0 Å². The maximum absolute atomic E-state index is 10.6. The van der Waals surface area contributed by atoms with Crippen molar-refractivity contribution in [3.05, 3.63) is 0 Å². The molecule has 0 saturated heterocycles. The van der Waals surface area contributed by atoms with Crippen molar-refractivity contribution in [2.24, 2.45) is 0 Å². The Bertz CT molecular complexity index is 199. The van der Waals surface area contributed by atoms with Crippen molar-refractivity contribution in [1.29, 1.82) is 0 Å². The molecule has 0 fully saturated rings. The number of carbonyl (C=O) groups is 1. The molecule has 0 aromatic rings. The molecule has 0 rings (SSSR count). The summed E-state index contributed by atoms with van der Waals surface area (Å²) in [5, 5.41) is 27.2. The molecule has 0 aromatic heterocycles. The lowest BCUT2D eigenvalue weighted by atomic mass is 10.1. The molecular formula is C12H25NO4. The van der Waals surface area contributed by atoms with E-state index in [1.165, 1.54) is 6.42 Å². The second-order valence-corrected chi connectivity index (χ2v) is 4.36. The van der Waals surface area contributed by atoms with Crippen LogP contribution in [0.4, 0.5) is 0 Å². The summed E-state index contributed by atoms with van der Waals surface area (Å²) in [7, 11) is 0. The molecule has 0 aliphatic heterocycles. The third-order valence-corrected chi connectivity index (χ3v) is 2.63. The van der Waals surface area contributed by atoms with Gasteiger partial charge in [0.25, 0.3) is 0 Å². The molecule has 0 spiro atoms. The number of aliphatic hydroxyl groups is 2. The summed E-state index contributed by atoms with van der Waals surface area (Å²) in [4.78, 5) is 12.1. The molecule has 0 aromatic carbocycles. The SMILES string of the molecule is CCCCCCC(O)CN(CCO)CC(=O)O. The van der Waals surface area contributed by atoms with E-state index in [1.54, 1.807) is 4.90 Å². The van der Waals surface area contributed by atoms with Gasteiger partial charge in [0.2, 0.25) is 0 Å². The fraction of sp³-hybridized carbons (Fsp3) is 0.917. The highest BCUT2D eigenvalue weighted by molar-refractivity contribution is 5.69. The zero-order chi connectivity index (χ0) is 13.1. The van der Waals surface area contributed by atoms with Gasteiger partial charge in [-0.25, -0.2) is 0 Å². The van der Waals surface area contributed by atoms with E-state index in [9.17, 15) is 9.90 Å². The maximum atomic E-state index is 10.6. The Balaban J connectivity index is 3.77. The molecule has 0 aliphatic rings. The number of carboxylic acids is 1. The van der Waals surface area contributed by atoms with Crippen LogP contribution in [0, 0.1) is 0 Å². The van der Waals surface area contributed by atoms with Crippen molar-refractivity contribution in [2.45, 2.75) is 45.1 Å². The number of aliphatic hydroxyl groups excluding tert-OH is 2. The number of hydrogen-bond donors (Lipinski definition) is 3. The first kappa shape index (κ1) is 16.4. The highest BCUT2D eigenvalue weighted by Crippen LogP contribution is 2.06. The molecule has 0 amide bonds. The lowest BCUT2D eigenvalue weighted by Crippen LogP contribution is -2.38. The zero-order valence-electron chi connectivity index (χ0n) is 10.6. The molecule has 0 heterocycles. The van der Waals surface area contributed by atoms with Crippen LogP contribution in [-0.2, 0) is 4.79 Å². The molecule has 1 unspecified atom stereocenters. The van der Waals surface area contributed by atoms with Gasteiger partial charge in [0.05, 0.1) is 19.3 Å². The molecule has 102 valence electrons. The van der Waals surface area contributed by atoms with Gasteiger partial charge in [-0.05, 0) is 6.42 Å². The van der Waals surface area contributed by atoms with E-state index in [1.807, 2.05) is 0 Å². The number of nitrogens with zero attached hydrogens (tertiary/aromatic N) is 1. The first-order valence-corrected chi connectivity index (χ1v) is 6.33. The second kappa shape index (κ2) is 10.5. The van der Waals surface area contributed by atoms with E-state index in [0.29, 0.717) is 19.5 Å². The highest BCUT2D eigenvalue weighted by atomic mass is 16.4. The van der Waals surface area contributed by atoms with Crippen LogP contribution in [0.15, 0.2) is 0 Å². The number of aliphatic carboxylic acids is 1. The van der Waals surface area contributed by atoms with Crippen LogP contribution < -0.4 is 0 Å². The van der Waals surface area contributed by atoms with Crippen molar-refractivity contribution in [2.75, 3.05) is 26.2 Å². The van der Waals surface area contributed by atoms with Gasteiger partial charge < -0.3 is 15.3 Å². The van der Waals surface area contributed by atoms with E-state index >= 15 is 0 Å². The predicted octanol–water partition coefficient (Wildman–Crippen LogP) is 0.697.